The minimum atomic E-state index is -0.108. The van der Waals surface area contributed by atoms with Crippen molar-refractivity contribution >= 4 is 44.2 Å². The van der Waals surface area contributed by atoms with E-state index >= 15 is 0 Å². The molecule has 1 aliphatic heterocycles. The lowest BCUT2D eigenvalue weighted by molar-refractivity contribution is 0.0983. The quantitative estimate of drug-likeness (QED) is 0.513. The molecule has 0 bridgehead atoms. The Labute approximate surface area is 185 Å². The average molecular weight is 446 g/mol. The molecule has 1 aliphatic rings. The van der Waals surface area contributed by atoms with Gasteiger partial charge in [0.2, 0.25) is 6.79 Å². The van der Waals surface area contributed by atoms with Gasteiger partial charge in [0, 0.05) is 23.7 Å². The van der Waals surface area contributed by atoms with Crippen LogP contribution in [0.1, 0.15) is 29.8 Å². The summed E-state index contributed by atoms with van der Waals surface area (Å²) >= 11 is 7.79. The predicted octanol–water partition coefficient (Wildman–Crippen LogP) is 4.98. The molecule has 0 aliphatic carbocycles. The van der Waals surface area contributed by atoms with Crippen LogP contribution in [0.3, 0.4) is 0 Å². The monoisotopic (exact) mass is 445 g/mol. The van der Waals surface area contributed by atoms with E-state index in [2.05, 4.69) is 18.7 Å². The molecule has 2 heterocycles. The van der Waals surface area contributed by atoms with Crippen LogP contribution in [-0.2, 0) is 0 Å². The number of thiazole rings is 1. The molecule has 1 amide bonds. The van der Waals surface area contributed by atoms with Crippen LogP contribution in [0.2, 0.25) is 5.02 Å². The highest BCUT2D eigenvalue weighted by Gasteiger charge is 2.24. The van der Waals surface area contributed by atoms with E-state index in [1.165, 1.54) is 11.3 Å². The molecule has 0 atom stereocenters. The maximum atomic E-state index is 13.5. The third-order valence-electron chi connectivity index (χ3n) is 5.37. The van der Waals surface area contributed by atoms with Crippen molar-refractivity contribution in [1.82, 2.24) is 9.88 Å². The number of anilines is 1. The minimum absolute atomic E-state index is 0.108. The summed E-state index contributed by atoms with van der Waals surface area (Å²) in [5.74, 6) is 1.14. The summed E-state index contributed by atoms with van der Waals surface area (Å²) in [6, 6.07) is 9.13. The molecule has 0 fully saturated rings. The van der Waals surface area contributed by atoms with E-state index < -0.39 is 0 Å². The van der Waals surface area contributed by atoms with Crippen LogP contribution in [0.15, 0.2) is 30.3 Å². The van der Waals surface area contributed by atoms with Gasteiger partial charge < -0.3 is 14.4 Å². The molecule has 4 rings (SSSR count). The number of rotatable bonds is 7. The number of benzene rings is 2. The number of aryl methyl sites for hydroxylation is 1. The Kier molecular flexibility index (Phi) is 6.13. The first kappa shape index (κ1) is 20.9. The lowest BCUT2D eigenvalue weighted by atomic mass is 10.1. The lowest BCUT2D eigenvalue weighted by Gasteiger charge is -2.24. The standard InChI is InChI=1S/C22H24ClN3O3S/c1-4-25(5-2)10-11-26(21(27)15-6-8-17-18(12-15)29-13-28-17)22-24-20-14(3)16(23)7-9-19(20)30-22/h6-9,12H,4-5,10-11,13H2,1-3H3. The Hall–Kier alpha value is -2.35. The summed E-state index contributed by atoms with van der Waals surface area (Å²) in [6.07, 6.45) is 0. The summed E-state index contributed by atoms with van der Waals surface area (Å²) < 4.78 is 11.8. The van der Waals surface area contributed by atoms with Gasteiger partial charge in [-0.3, -0.25) is 9.69 Å². The highest BCUT2D eigenvalue weighted by molar-refractivity contribution is 7.22. The van der Waals surface area contributed by atoms with Crippen LogP contribution >= 0.6 is 22.9 Å². The van der Waals surface area contributed by atoms with E-state index in [1.54, 1.807) is 23.1 Å². The second kappa shape index (κ2) is 8.79. The van der Waals surface area contributed by atoms with Crippen molar-refractivity contribution in [1.29, 1.82) is 0 Å². The maximum Gasteiger partial charge on any atom is 0.260 e. The van der Waals surface area contributed by atoms with Gasteiger partial charge in [0.05, 0.1) is 10.2 Å². The summed E-state index contributed by atoms with van der Waals surface area (Å²) in [6.45, 7) is 9.53. The van der Waals surface area contributed by atoms with E-state index in [4.69, 9.17) is 26.1 Å². The molecule has 6 nitrogen and oxygen atoms in total. The van der Waals surface area contributed by atoms with Crippen molar-refractivity contribution in [3.63, 3.8) is 0 Å². The Morgan fingerprint density at radius 2 is 1.90 bits per heavy atom. The van der Waals surface area contributed by atoms with E-state index in [1.807, 2.05) is 19.1 Å². The SMILES string of the molecule is CCN(CC)CCN(C(=O)c1ccc2c(c1)OCO2)c1nc2c(C)c(Cl)ccc2s1. The highest BCUT2D eigenvalue weighted by Crippen LogP contribution is 2.36. The van der Waals surface area contributed by atoms with Gasteiger partial charge in [-0.1, -0.05) is 36.8 Å². The first-order valence-corrected chi connectivity index (χ1v) is 11.2. The number of hydrogen-bond acceptors (Lipinski definition) is 6. The number of hydrogen-bond donors (Lipinski definition) is 0. The zero-order chi connectivity index (χ0) is 21.3. The smallest absolute Gasteiger partial charge is 0.260 e. The number of carbonyl (C=O) groups is 1. The fourth-order valence-corrected chi connectivity index (χ4v) is 4.66. The third-order valence-corrected chi connectivity index (χ3v) is 6.82. The first-order chi connectivity index (χ1) is 14.5. The van der Waals surface area contributed by atoms with Crippen molar-refractivity contribution in [2.75, 3.05) is 37.9 Å². The maximum absolute atomic E-state index is 13.5. The van der Waals surface area contributed by atoms with Gasteiger partial charge in [0.15, 0.2) is 16.6 Å². The third kappa shape index (κ3) is 3.97. The Bertz CT molecular complexity index is 1080. The molecule has 158 valence electrons. The molecule has 1 aromatic heterocycles. The molecule has 0 saturated heterocycles. The summed E-state index contributed by atoms with van der Waals surface area (Å²) in [4.78, 5) is 22.3. The molecule has 0 N–H and O–H groups in total. The van der Waals surface area contributed by atoms with E-state index in [0.717, 1.165) is 35.4 Å². The molecule has 3 aromatic rings. The van der Waals surface area contributed by atoms with Crippen molar-refractivity contribution in [3.8, 4) is 11.5 Å². The molecule has 0 unspecified atom stereocenters. The van der Waals surface area contributed by atoms with Crippen molar-refractivity contribution < 1.29 is 14.3 Å². The number of fused-ring (bicyclic) bond motifs is 2. The summed E-state index contributed by atoms with van der Waals surface area (Å²) in [5, 5.41) is 1.35. The second-order valence-corrected chi connectivity index (χ2v) is 8.48. The van der Waals surface area contributed by atoms with Crippen LogP contribution in [0.4, 0.5) is 5.13 Å². The number of aromatic nitrogens is 1. The van der Waals surface area contributed by atoms with Crippen LogP contribution in [0, 0.1) is 6.92 Å². The Morgan fingerprint density at radius 1 is 1.13 bits per heavy atom. The van der Waals surface area contributed by atoms with Crippen molar-refractivity contribution in [3.05, 3.63) is 46.5 Å². The first-order valence-electron chi connectivity index (χ1n) is 10.0. The van der Waals surface area contributed by atoms with E-state index in [9.17, 15) is 4.79 Å². The second-order valence-electron chi connectivity index (χ2n) is 7.07. The topological polar surface area (TPSA) is 54.9 Å². The van der Waals surface area contributed by atoms with Crippen LogP contribution in [0.5, 0.6) is 11.5 Å². The molecule has 0 radical (unpaired) electrons. The molecule has 0 saturated carbocycles. The number of ether oxygens (including phenoxy) is 2. The van der Waals surface area contributed by atoms with Gasteiger partial charge >= 0.3 is 0 Å². The average Bonchev–Trinajstić information content (AvgIpc) is 3.40. The minimum Gasteiger partial charge on any atom is -0.454 e. The molecule has 8 heteroatoms. The lowest BCUT2D eigenvalue weighted by Crippen LogP contribution is -2.38. The zero-order valence-electron chi connectivity index (χ0n) is 17.3. The Balaban J connectivity index is 1.70. The predicted molar refractivity (Wildman–Crippen MR) is 121 cm³/mol. The number of likely N-dealkylation sites (N-methyl/N-ethyl adjacent to an activating group) is 1. The van der Waals surface area contributed by atoms with Crippen molar-refractivity contribution in [2.24, 2.45) is 0 Å². The summed E-state index contributed by atoms with van der Waals surface area (Å²) in [7, 11) is 0. The number of carbonyl (C=O) groups excluding carboxylic acids is 1. The molecule has 2 aromatic carbocycles. The molecule has 0 spiro atoms. The normalized spacial score (nSPS) is 12.7. The van der Waals surface area contributed by atoms with Gasteiger partial charge in [-0.15, -0.1) is 0 Å². The number of amides is 1. The number of halogens is 1. The van der Waals surface area contributed by atoms with Crippen LogP contribution in [0.25, 0.3) is 10.2 Å². The van der Waals surface area contributed by atoms with Gasteiger partial charge in [0.25, 0.3) is 5.91 Å². The fraction of sp³-hybridized carbons (Fsp3) is 0.364. The largest absolute Gasteiger partial charge is 0.454 e. The zero-order valence-corrected chi connectivity index (χ0v) is 18.8. The highest BCUT2D eigenvalue weighted by atomic mass is 35.5. The molecular formula is C22H24ClN3O3S. The van der Waals surface area contributed by atoms with Crippen LogP contribution < -0.4 is 14.4 Å². The van der Waals surface area contributed by atoms with Gasteiger partial charge in [-0.2, -0.15) is 0 Å². The van der Waals surface area contributed by atoms with E-state index in [-0.39, 0.29) is 12.7 Å². The Morgan fingerprint density at radius 3 is 2.67 bits per heavy atom. The van der Waals surface area contributed by atoms with Gasteiger partial charge in [-0.25, -0.2) is 4.98 Å². The van der Waals surface area contributed by atoms with Crippen molar-refractivity contribution in [2.45, 2.75) is 20.8 Å². The summed E-state index contributed by atoms with van der Waals surface area (Å²) in [5.41, 5.74) is 2.32. The van der Waals surface area contributed by atoms with Crippen LogP contribution in [-0.4, -0.2) is 48.8 Å². The molecule has 30 heavy (non-hydrogen) atoms. The van der Waals surface area contributed by atoms with Gasteiger partial charge in [0.1, 0.15) is 0 Å². The van der Waals surface area contributed by atoms with E-state index in [0.29, 0.717) is 33.8 Å². The number of nitrogens with zero attached hydrogens (tertiary/aromatic N) is 3. The van der Waals surface area contributed by atoms with Gasteiger partial charge in [-0.05, 0) is 55.9 Å². The molecular weight excluding hydrogens is 422 g/mol. The fourth-order valence-electron chi connectivity index (χ4n) is 3.45.